The van der Waals surface area contributed by atoms with Crippen molar-refractivity contribution >= 4 is 25.0 Å². The largest absolute Gasteiger partial charge is 0.630 e. The molecule has 9 heteroatoms. The van der Waals surface area contributed by atoms with Crippen molar-refractivity contribution < 1.29 is 39.0 Å². The van der Waals surface area contributed by atoms with Crippen molar-refractivity contribution in [3.05, 3.63) is 0 Å². The summed E-state index contributed by atoms with van der Waals surface area (Å²) in [6.45, 7) is 0.0984. The van der Waals surface area contributed by atoms with E-state index >= 15 is 0 Å². The van der Waals surface area contributed by atoms with Crippen molar-refractivity contribution in [1.82, 2.24) is 0 Å². The number of carboxylic acid groups (broad SMARTS) is 1. The number of quaternary nitrogens is 1. The maximum absolute atomic E-state index is 12.2. The molecular weight excluding hydrogens is 313 g/mol. The van der Waals surface area contributed by atoms with E-state index in [2.05, 4.69) is 0 Å². The zero-order chi connectivity index (χ0) is 17.3. The molecule has 0 aromatic heterocycles. The number of nitrogens with zero attached hydrogens (tertiary/aromatic N) is 1. The summed E-state index contributed by atoms with van der Waals surface area (Å²) in [4.78, 5) is 33.8. The number of rotatable bonds is 10. The van der Waals surface area contributed by atoms with Crippen LogP contribution in [0.25, 0.3) is 0 Å². The SMILES string of the molecule is C[N+](C)(C)CC[P+]([O-])=C(CCO)COC(=O)C(O)CC(=O)[O-]. The van der Waals surface area contributed by atoms with Crippen LogP contribution in [0, 0.1) is 0 Å². The zero-order valence-electron chi connectivity index (χ0n) is 13.2. The third kappa shape index (κ3) is 9.81. The fourth-order valence-corrected chi connectivity index (χ4v) is 3.09. The third-order valence-corrected chi connectivity index (χ3v) is 4.40. The maximum Gasteiger partial charge on any atom is 0.335 e. The van der Waals surface area contributed by atoms with E-state index in [1.807, 2.05) is 21.1 Å². The van der Waals surface area contributed by atoms with E-state index in [0.29, 0.717) is 22.5 Å². The van der Waals surface area contributed by atoms with E-state index in [4.69, 9.17) is 9.84 Å². The number of aliphatic hydroxyl groups excluding tert-OH is 2. The second kappa shape index (κ2) is 9.86. The average molecular weight is 337 g/mol. The summed E-state index contributed by atoms with van der Waals surface area (Å²) >= 11 is 0. The van der Waals surface area contributed by atoms with Gasteiger partial charge >= 0.3 is 5.97 Å². The molecule has 0 aliphatic carbocycles. The minimum absolute atomic E-state index is 0.121. The lowest BCUT2D eigenvalue weighted by Crippen LogP contribution is -2.37. The van der Waals surface area contributed by atoms with Crippen LogP contribution in [0.1, 0.15) is 12.8 Å². The number of ether oxygens (including phenoxy) is 1. The van der Waals surface area contributed by atoms with Crippen molar-refractivity contribution in [3.63, 3.8) is 0 Å². The molecule has 2 N–H and O–H groups in total. The molecule has 2 unspecified atom stereocenters. The number of aliphatic hydroxyl groups is 2. The van der Waals surface area contributed by atoms with E-state index in [0.717, 1.165) is 0 Å². The van der Waals surface area contributed by atoms with Gasteiger partial charge in [-0.05, 0) is 0 Å². The Balaban J connectivity index is 4.63. The topological polar surface area (TPSA) is 130 Å². The Labute approximate surface area is 131 Å². The number of hydrogen-bond acceptors (Lipinski definition) is 7. The summed E-state index contributed by atoms with van der Waals surface area (Å²) in [6, 6.07) is 0. The van der Waals surface area contributed by atoms with Gasteiger partial charge in [-0.2, -0.15) is 0 Å². The zero-order valence-corrected chi connectivity index (χ0v) is 14.0. The second-order valence-electron chi connectivity index (χ2n) is 5.86. The molecule has 0 bridgehead atoms. The Bertz CT molecular complexity index is 417. The molecule has 0 aromatic carbocycles. The summed E-state index contributed by atoms with van der Waals surface area (Å²) in [5, 5.41) is 28.9. The van der Waals surface area contributed by atoms with Crippen LogP contribution in [0.5, 0.6) is 0 Å². The van der Waals surface area contributed by atoms with Crippen molar-refractivity contribution in [2.24, 2.45) is 0 Å². The molecule has 128 valence electrons. The van der Waals surface area contributed by atoms with Crippen molar-refractivity contribution in [2.45, 2.75) is 18.9 Å². The first kappa shape index (κ1) is 20.9. The first-order valence-electron chi connectivity index (χ1n) is 6.82. The lowest BCUT2D eigenvalue weighted by Gasteiger charge is -2.22. The fourth-order valence-electron chi connectivity index (χ4n) is 1.44. The summed E-state index contributed by atoms with van der Waals surface area (Å²) < 4.78 is 5.38. The minimum Gasteiger partial charge on any atom is -0.630 e. The monoisotopic (exact) mass is 337 g/mol. The third-order valence-electron chi connectivity index (χ3n) is 2.74. The van der Waals surface area contributed by atoms with Crippen LogP contribution in [-0.2, 0) is 14.3 Å². The average Bonchev–Trinajstić information content (AvgIpc) is 2.38. The number of aliphatic carboxylic acids is 1. The molecule has 0 spiro atoms. The highest BCUT2D eigenvalue weighted by molar-refractivity contribution is 7.51. The van der Waals surface area contributed by atoms with Gasteiger partial charge in [-0.25, -0.2) is 4.79 Å². The maximum atomic E-state index is 12.2. The molecule has 0 aliphatic heterocycles. The number of hydrogen-bond donors (Lipinski definition) is 2. The normalized spacial score (nSPS) is 14.3. The number of esters is 1. The van der Waals surface area contributed by atoms with Gasteiger partial charge in [0.15, 0.2) is 18.9 Å². The molecule has 22 heavy (non-hydrogen) atoms. The van der Waals surface area contributed by atoms with Gasteiger partial charge < -0.3 is 34.2 Å². The highest BCUT2D eigenvalue weighted by Crippen LogP contribution is 2.17. The van der Waals surface area contributed by atoms with Crippen LogP contribution >= 0.6 is 7.77 Å². The summed E-state index contributed by atoms with van der Waals surface area (Å²) in [6.07, 6.45) is -2.17. The van der Waals surface area contributed by atoms with Crippen molar-refractivity contribution in [1.29, 1.82) is 0 Å². The molecule has 0 aliphatic rings. The molecule has 0 amide bonds. The van der Waals surface area contributed by atoms with Crippen molar-refractivity contribution in [3.8, 4) is 0 Å². The Morgan fingerprint density at radius 1 is 1.32 bits per heavy atom. The second-order valence-corrected chi connectivity index (χ2v) is 7.69. The molecule has 8 nitrogen and oxygen atoms in total. The fraction of sp³-hybridized carbons (Fsp3) is 0.769. The van der Waals surface area contributed by atoms with E-state index in [-0.39, 0.29) is 19.6 Å². The van der Waals surface area contributed by atoms with Gasteiger partial charge in [-0.1, -0.05) is 0 Å². The molecule has 0 saturated carbocycles. The highest BCUT2D eigenvalue weighted by Gasteiger charge is 2.20. The van der Waals surface area contributed by atoms with E-state index in [1.165, 1.54) is 0 Å². The lowest BCUT2D eigenvalue weighted by atomic mass is 10.2. The first-order valence-corrected chi connectivity index (χ1v) is 8.26. The molecule has 0 rings (SSSR count). The Hall–Kier alpha value is -1.05. The minimum atomic E-state index is -1.82. The Morgan fingerprint density at radius 2 is 1.91 bits per heavy atom. The number of carboxylic acids is 1. The molecule has 0 saturated heterocycles. The van der Waals surface area contributed by atoms with Gasteiger partial charge in [0.05, 0.1) is 35.5 Å². The number of carbonyl (C=O) groups is 2. The van der Waals surface area contributed by atoms with Gasteiger partial charge in [0.25, 0.3) is 0 Å². The van der Waals surface area contributed by atoms with Crippen LogP contribution in [0.4, 0.5) is 0 Å². The quantitative estimate of drug-likeness (QED) is 0.248. The van der Waals surface area contributed by atoms with E-state index < -0.39 is 32.2 Å². The number of carbonyl (C=O) groups excluding carboxylic acids is 2. The van der Waals surface area contributed by atoms with Gasteiger partial charge in [0.2, 0.25) is 0 Å². The molecule has 2 atom stereocenters. The van der Waals surface area contributed by atoms with Gasteiger partial charge in [0, 0.05) is 18.8 Å². The Morgan fingerprint density at radius 3 is 2.36 bits per heavy atom. The van der Waals surface area contributed by atoms with Crippen LogP contribution < -0.4 is 10.00 Å². The van der Waals surface area contributed by atoms with E-state index in [1.54, 1.807) is 0 Å². The predicted molar refractivity (Wildman–Crippen MR) is 78.0 cm³/mol. The summed E-state index contributed by atoms with van der Waals surface area (Å²) in [7, 11) is 4.07. The summed E-state index contributed by atoms with van der Waals surface area (Å²) in [5.74, 6) is -2.69. The van der Waals surface area contributed by atoms with Gasteiger partial charge in [0.1, 0.15) is 11.8 Å². The predicted octanol–water partition coefficient (Wildman–Crippen LogP) is -2.95. The molecule has 0 aromatic rings. The molecule has 0 fully saturated rings. The van der Waals surface area contributed by atoms with Gasteiger partial charge in [-0.15, -0.1) is 0 Å². The van der Waals surface area contributed by atoms with E-state index in [9.17, 15) is 24.7 Å². The van der Waals surface area contributed by atoms with Crippen LogP contribution in [-0.4, -0.2) is 85.1 Å². The van der Waals surface area contributed by atoms with Crippen LogP contribution in [0.2, 0.25) is 0 Å². The summed E-state index contributed by atoms with van der Waals surface area (Å²) in [5.41, 5.74) is 0. The highest BCUT2D eigenvalue weighted by atomic mass is 31.1. The van der Waals surface area contributed by atoms with Gasteiger partial charge in [-0.3, -0.25) is 0 Å². The molecule has 0 radical (unpaired) electrons. The molecule has 0 heterocycles. The molecular formula is C13H24NO7P. The lowest BCUT2D eigenvalue weighted by molar-refractivity contribution is -0.867. The first-order chi connectivity index (χ1) is 10.1. The standard InChI is InChI=1S/C13H24NO7P/c1-14(2,3)5-7-22(20)10(4-6-15)9-21-13(19)11(16)8-12(17)18/h11,15-16H,4-9H2,1-3H3. The smallest absolute Gasteiger partial charge is 0.335 e. The Kier molecular flexibility index (Phi) is 9.39. The van der Waals surface area contributed by atoms with Crippen LogP contribution in [0.15, 0.2) is 0 Å². The van der Waals surface area contributed by atoms with Crippen LogP contribution in [0.3, 0.4) is 0 Å². The van der Waals surface area contributed by atoms with Crippen molar-refractivity contribution in [2.75, 3.05) is 47.1 Å².